The summed E-state index contributed by atoms with van der Waals surface area (Å²) < 4.78 is 0. The number of aryl methyl sites for hydroxylation is 1. The van der Waals surface area contributed by atoms with Crippen LogP contribution >= 0.6 is 0 Å². The Morgan fingerprint density at radius 2 is 1.78 bits per heavy atom. The molecule has 116 valence electrons. The molecular formula is C20H20N2O. The molecule has 2 rings (SSSR count). The average Bonchev–Trinajstić information content (AvgIpc) is 2.61. The smallest absolute Gasteiger partial charge is 0.261 e. The van der Waals surface area contributed by atoms with E-state index in [2.05, 4.69) is 12.2 Å². The third-order valence-electron chi connectivity index (χ3n) is 3.61. The maximum Gasteiger partial charge on any atom is 0.261 e. The lowest BCUT2D eigenvalue weighted by Gasteiger charge is -2.05. The SMILES string of the molecule is CCc1ccc(/C=C(/C#N)C(=O)NCCc2ccccc2)cc1. The number of nitrogens with zero attached hydrogens (tertiary/aromatic N) is 1. The predicted molar refractivity (Wildman–Crippen MR) is 92.6 cm³/mol. The molecule has 0 bridgehead atoms. The topological polar surface area (TPSA) is 52.9 Å². The van der Waals surface area contributed by atoms with Gasteiger partial charge in [-0.25, -0.2) is 0 Å². The Bertz CT molecular complexity index is 710. The maximum atomic E-state index is 12.1. The van der Waals surface area contributed by atoms with Crippen molar-refractivity contribution in [3.8, 4) is 6.07 Å². The molecule has 0 unspecified atom stereocenters. The largest absolute Gasteiger partial charge is 0.351 e. The number of hydrogen-bond acceptors (Lipinski definition) is 2. The molecule has 0 aliphatic rings. The van der Waals surface area contributed by atoms with E-state index in [0.29, 0.717) is 6.54 Å². The van der Waals surface area contributed by atoms with Crippen LogP contribution in [0.25, 0.3) is 6.08 Å². The van der Waals surface area contributed by atoms with Gasteiger partial charge in [-0.15, -0.1) is 0 Å². The highest BCUT2D eigenvalue weighted by molar-refractivity contribution is 6.01. The van der Waals surface area contributed by atoms with Gasteiger partial charge in [-0.05, 0) is 35.6 Å². The van der Waals surface area contributed by atoms with E-state index in [1.807, 2.05) is 60.7 Å². The summed E-state index contributed by atoms with van der Waals surface area (Å²) in [5, 5.41) is 12.0. The molecule has 0 aromatic heterocycles. The number of benzene rings is 2. The lowest BCUT2D eigenvalue weighted by atomic mass is 10.1. The zero-order valence-corrected chi connectivity index (χ0v) is 13.3. The van der Waals surface area contributed by atoms with E-state index in [1.165, 1.54) is 5.56 Å². The van der Waals surface area contributed by atoms with Gasteiger partial charge in [0.15, 0.2) is 0 Å². The lowest BCUT2D eigenvalue weighted by Crippen LogP contribution is -2.26. The maximum absolute atomic E-state index is 12.1. The predicted octanol–water partition coefficient (Wildman–Crippen LogP) is 3.51. The van der Waals surface area contributed by atoms with Gasteiger partial charge in [0.1, 0.15) is 11.6 Å². The molecule has 0 fully saturated rings. The first-order chi connectivity index (χ1) is 11.2. The van der Waals surface area contributed by atoms with E-state index < -0.39 is 0 Å². The fourth-order valence-electron chi connectivity index (χ4n) is 2.23. The first kappa shape index (κ1) is 16.5. The molecule has 0 aliphatic heterocycles. The van der Waals surface area contributed by atoms with Crippen LogP contribution in [0.3, 0.4) is 0 Å². The Balaban J connectivity index is 1.95. The van der Waals surface area contributed by atoms with Crippen LogP contribution < -0.4 is 5.32 Å². The molecule has 0 saturated carbocycles. The number of nitriles is 1. The van der Waals surface area contributed by atoms with Crippen molar-refractivity contribution in [3.05, 3.63) is 76.9 Å². The van der Waals surface area contributed by atoms with Crippen molar-refractivity contribution >= 4 is 12.0 Å². The zero-order valence-electron chi connectivity index (χ0n) is 13.3. The van der Waals surface area contributed by atoms with Gasteiger partial charge in [0, 0.05) is 6.54 Å². The zero-order chi connectivity index (χ0) is 16.5. The van der Waals surface area contributed by atoms with Gasteiger partial charge in [-0.2, -0.15) is 5.26 Å². The summed E-state index contributed by atoms with van der Waals surface area (Å²) in [7, 11) is 0. The monoisotopic (exact) mass is 304 g/mol. The van der Waals surface area contributed by atoms with Crippen molar-refractivity contribution in [2.24, 2.45) is 0 Å². The standard InChI is InChI=1S/C20H20N2O/c1-2-16-8-10-18(11-9-16)14-19(15-21)20(23)22-13-12-17-6-4-3-5-7-17/h3-11,14H,2,12-13H2,1H3,(H,22,23)/b19-14-. The number of carbonyl (C=O) groups excluding carboxylic acids is 1. The minimum atomic E-state index is -0.331. The van der Waals surface area contributed by atoms with Crippen molar-refractivity contribution in [3.63, 3.8) is 0 Å². The number of amides is 1. The molecule has 0 aliphatic carbocycles. The van der Waals surface area contributed by atoms with Crippen molar-refractivity contribution in [2.75, 3.05) is 6.54 Å². The summed E-state index contributed by atoms with van der Waals surface area (Å²) in [5.74, 6) is -0.331. The molecule has 2 aromatic carbocycles. The summed E-state index contributed by atoms with van der Waals surface area (Å²) in [6, 6.07) is 19.8. The van der Waals surface area contributed by atoms with Crippen LogP contribution in [0.1, 0.15) is 23.6 Å². The van der Waals surface area contributed by atoms with Gasteiger partial charge < -0.3 is 5.32 Å². The van der Waals surface area contributed by atoms with Crippen molar-refractivity contribution in [2.45, 2.75) is 19.8 Å². The minimum absolute atomic E-state index is 0.127. The highest BCUT2D eigenvalue weighted by Crippen LogP contribution is 2.09. The molecule has 0 radical (unpaired) electrons. The summed E-state index contributed by atoms with van der Waals surface area (Å²) in [4.78, 5) is 12.1. The van der Waals surface area contributed by atoms with Gasteiger partial charge >= 0.3 is 0 Å². The van der Waals surface area contributed by atoms with Gasteiger partial charge in [-0.1, -0.05) is 61.5 Å². The van der Waals surface area contributed by atoms with Crippen LogP contribution in [0.15, 0.2) is 60.2 Å². The van der Waals surface area contributed by atoms with Crippen LogP contribution in [-0.2, 0) is 17.6 Å². The first-order valence-corrected chi connectivity index (χ1v) is 7.75. The molecule has 1 amide bonds. The number of rotatable bonds is 6. The molecule has 3 heteroatoms. The van der Waals surface area contributed by atoms with E-state index in [1.54, 1.807) is 6.08 Å². The Labute approximate surface area is 137 Å². The van der Waals surface area contributed by atoms with Crippen LogP contribution in [0.4, 0.5) is 0 Å². The van der Waals surface area contributed by atoms with E-state index in [4.69, 9.17) is 0 Å². The summed E-state index contributed by atoms with van der Waals surface area (Å²) >= 11 is 0. The molecule has 3 nitrogen and oxygen atoms in total. The van der Waals surface area contributed by atoms with E-state index in [-0.39, 0.29) is 11.5 Å². The van der Waals surface area contributed by atoms with Gasteiger partial charge in [0.05, 0.1) is 0 Å². The lowest BCUT2D eigenvalue weighted by molar-refractivity contribution is -0.117. The highest BCUT2D eigenvalue weighted by Gasteiger charge is 2.08. The Morgan fingerprint density at radius 1 is 1.09 bits per heavy atom. The number of nitrogens with one attached hydrogen (secondary N) is 1. The summed E-state index contributed by atoms with van der Waals surface area (Å²) in [6.45, 7) is 2.60. The molecule has 0 atom stereocenters. The quantitative estimate of drug-likeness (QED) is 0.656. The molecular weight excluding hydrogens is 284 g/mol. The second kappa shape index (κ2) is 8.55. The Kier molecular flexibility index (Phi) is 6.14. The molecule has 2 aromatic rings. The van der Waals surface area contributed by atoms with Crippen LogP contribution in [0, 0.1) is 11.3 Å². The molecule has 0 spiro atoms. The van der Waals surface area contributed by atoms with Gasteiger partial charge in [-0.3, -0.25) is 4.79 Å². The summed E-state index contributed by atoms with van der Waals surface area (Å²) in [5.41, 5.74) is 3.37. The van der Waals surface area contributed by atoms with Crippen molar-refractivity contribution in [1.29, 1.82) is 5.26 Å². The van der Waals surface area contributed by atoms with Gasteiger partial charge in [0.25, 0.3) is 5.91 Å². The van der Waals surface area contributed by atoms with E-state index in [0.717, 1.165) is 24.0 Å². The highest BCUT2D eigenvalue weighted by atomic mass is 16.1. The number of hydrogen-bond donors (Lipinski definition) is 1. The third-order valence-corrected chi connectivity index (χ3v) is 3.61. The second-order valence-corrected chi connectivity index (χ2v) is 5.26. The van der Waals surface area contributed by atoms with Crippen LogP contribution in [0.5, 0.6) is 0 Å². The molecule has 0 saturated heterocycles. The van der Waals surface area contributed by atoms with Gasteiger partial charge in [0.2, 0.25) is 0 Å². The molecule has 23 heavy (non-hydrogen) atoms. The first-order valence-electron chi connectivity index (χ1n) is 7.75. The summed E-state index contributed by atoms with van der Waals surface area (Å²) in [6.07, 6.45) is 3.34. The van der Waals surface area contributed by atoms with Crippen LogP contribution in [0.2, 0.25) is 0 Å². The fraction of sp³-hybridized carbons (Fsp3) is 0.200. The average molecular weight is 304 g/mol. The number of carbonyl (C=O) groups is 1. The van der Waals surface area contributed by atoms with E-state index >= 15 is 0 Å². The van der Waals surface area contributed by atoms with E-state index in [9.17, 15) is 10.1 Å². The molecule has 0 heterocycles. The van der Waals surface area contributed by atoms with Crippen molar-refractivity contribution in [1.82, 2.24) is 5.32 Å². The van der Waals surface area contributed by atoms with Crippen LogP contribution in [-0.4, -0.2) is 12.5 Å². The Morgan fingerprint density at radius 3 is 2.39 bits per heavy atom. The Hall–Kier alpha value is -2.86. The fourth-order valence-corrected chi connectivity index (χ4v) is 2.23. The van der Waals surface area contributed by atoms with Crippen molar-refractivity contribution < 1.29 is 4.79 Å². The normalized spacial score (nSPS) is 10.9. The second-order valence-electron chi connectivity index (χ2n) is 5.26. The minimum Gasteiger partial charge on any atom is -0.351 e. The third kappa shape index (κ3) is 5.12. The molecule has 1 N–H and O–H groups in total.